The van der Waals surface area contributed by atoms with Gasteiger partial charge in [-0.25, -0.2) is 0 Å². The Morgan fingerprint density at radius 3 is 2.50 bits per heavy atom. The van der Waals surface area contributed by atoms with Gasteiger partial charge in [0.05, 0.1) is 12.2 Å². The molecule has 20 heavy (non-hydrogen) atoms. The zero-order valence-corrected chi connectivity index (χ0v) is 14.1. The Labute approximate surface area is 125 Å². The number of nitrogens with zero attached hydrogens (tertiary/aromatic N) is 1. The highest BCUT2D eigenvalue weighted by atomic mass is 16.5. The fourth-order valence-corrected chi connectivity index (χ4v) is 3.22. The van der Waals surface area contributed by atoms with Crippen LogP contribution in [-0.2, 0) is 4.74 Å². The van der Waals surface area contributed by atoms with Crippen molar-refractivity contribution in [1.82, 2.24) is 10.2 Å². The van der Waals surface area contributed by atoms with Crippen LogP contribution in [0.15, 0.2) is 0 Å². The van der Waals surface area contributed by atoms with Crippen molar-refractivity contribution in [2.45, 2.75) is 71.6 Å². The van der Waals surface area contributed by atoms with Crippen molar-refractivity contribution >= 4 is 0 Å². The third kappa shape index (κ3) is 5.34. The Kier molecular flexibility index (Phi) is 5.49. The second-order valence-corrected chi connectivity index (χ2v) is 8.09. The van der Waals surface area contributed by atoms with Gasteiger partial charge in [-0.15, -0.1) is 0 Å². The van der Waals surface area contributed by atoms with Crippen LogP contribution in [0.4, 0.5) is 0 Å². The summed E-state index contributed by atoms with van der Waals surface area (Å²) in [5, 5.41) is 3.79. The van der Waals surface area contributed by atoms with Crippen molar-refractivity contribution in [3.05, 3.63) is 0 Å². The molecule has 1 aliphatic heterocycles. The van der Waals surface area contributed by atoms with E-state index >= 15 is 0 Å². The van der Waals surface area contributed by atoms with Crippen molar-refractivity contribution < 1.29 is 4.74 Å². The average molecular weight is 282 g/mol. The first-order chi connectivity index (χ1) is 9.35. The summed E-state index contributed by atoms with van der Waals surface area (Å²) in [6, 6.07) is 1.42. The molecule has 0 amide bonds. The molecular formula is C17H34N2O. The summed E-state index contributed by atoms with van der Waals surface area (Å²) in [6.07, 6.45) is 4.15. The molecule has 118 valence electrons. The van der Waals surface area contributed by atoms with Gasteiger partial charge in [0.15, 0.2) is 0 Å². The van der Waals surface area contributed by atoms with E-state index in [4.69, 9.17) is 4.74 Å². The number of piperazine rings is 1. The van der Waals surface area contributed by atoms with Crippen molar-refractivity contribution in [2.75, 3.05) is 26.2 Å². The summed E-state index contributed by atoms with van der Waals surface area (Å²) in [6.45, 7) is 15.4. The minimum Gasteiger partial charge on any atom is -0.375 e. The van der Waals surface area contributed by atoms with E-state index in [9.17, 15) is 0 Å². The molecule has 0 spiro atoms. The molecule has 0 bridgehead atoms. The molecule has 2 atom stereocenters. The van der Waals surface area contributed by atoms with Crippen LogP contribution in [0.3, 0.4) is 0 Å². The Hall–Kier alpha value is -0.120. The molecule has 0 aromatic heterocycles. The van der Waals surface area contributed by atoms with Gasteiger partial charge in [0.2, 0.25) is 0 Å². The molecule has 0 radical (unpaired) electrons. The molecule has 2 fully saturated rings. The first-order valence-corrected chi connectivity index (χ1v) is 8.46. The van der Waals surface area contributed by atoms with Crippen LogP contribution in [0.2, 0.25) is 0 Å². The lowest BCUT2D eigenvalue weighted by Crippen LogP contribution is -2.58. The van der Waals surface area contributed by atoms with Gasteiger partial charge in [-0.05, 0) is 51.9 Å². The van der Waals surface area contributed by atoms with E-state index < -0.39 is 0 Å². The van der Waals surface area contributed by atoms with Gasteiger partial charge in [-0.1, -0.05) is 13.8 Å². The Balaban J connectivity index is 1.83. The predicted molar refractivity (Wildman–Crippen MR) is 85.0 cm³/mol. The summed E-state index contributed by atoms with van der Waals surface area (Å²) in [7, 11) is 0. The second kappa shape index (κ2) is 6.76. The van der Waals surface area contributed by atoms with Gasteiger partial charge in [0.1, 0.15) is 0 Å². The zero-order chi connectivity index (χ0) is 14.8. The predicted octanol–water partition coefficient (Wildman–Crippen LogP) is 2.90. The molecule has 1 aliphatic carbocycles. The molecule has 1 saturated carbocycles. The minimum atomic E-state index is -0.0164. The van der Waals surface area contributed by atoms with Crippen molar-refractivity contribution in [3.63, 3.8) is 0 Å². The van der Waals surface area contributed by atoms with Gasteiger partial charge in [0.25, 0.3) is 0 Å². The van der Waals surface area contributed by atoms with Gasteiger partial charge in [-0.2, -0.15) is 0 Å². The van der Waals surface area contributed by atoms with E-state index in [0.29, 0.717) is 6.04 Å². The lowest BCUT2D eigenvalue weighted by molar-refractivity contribution is -0.0242. The summed E-state index contributed by atoms with van der Waals surface area (Å²) in [5.74, 6) is 1.71. The van der Waals surface area contributed by atoms with Crippen LogP contribution in [-0.4, -0.2) is 48.8 Å². The maximum atomic E-state index is 5.93. The largest absolute Gasteiger partial charge is 0.375 e. The Morgan fingerprint density at radius 2 is 1.95 bits per heavy atom. The average Bonchev–Trinajstić information content (AvgIpc) is 3.12. The maximum absolute atomic E-state index is 5.93. The van der Waals surface area contributed by atoms with Crippen LogP contribution in [0, 0.1) is 11.8 Å². The molecule has 2 aliphatic rings. The molecule has 1 N–H and O–H groups in total. The number of rotatable bonds is 6. The number of nitrogens with one attached hydrogen (secondary N) is 1. The molecule has 0 aromatic rings. The van der Waals surface area contributed by atoms with Gasteiger partial charge < -0.3 is 10.1 Å². The second-order valence-electron chi connectivity index (χ2n) is 8.09. The highest BCUT2D eigenvalue weighted by Gasteiger charge is 2.37. The lowest BCUT2D eigenvalue weighted by Gasteiger charge is -2.41. The molecule has 2 unspecified atom stereocenters. The van der Waals surface area contributed by atoms with Crippen LogP contribution < -0.4 is 5.32 Å². The fourth-order valence-electron chi connectivity index (χ4n) is 3.22. The third-order valence-electron chi connectivity index (χ3n) is 4.41. The topological polar surface area (TPSA) is 24.5 Å². The van der Waals surface area contributed by atoms with Gasteiger partial charge in [0, 0.05) is 31.7 Å². The highest BCUT2D eigenvalue weighted by Crippen LogP contribution is 2.34. The number of hydrogen-bond donors (Lipinski definition) is 1. The van der Waals surface area contributed by atoms with Gasteiger partial charge >= 0.3 is 0 Å². The van der Waals surface area contributed by atoms with Crippen LogP contribution >= 0.6 is 0 Å². The monoisotopic (exact) mass is 282 g/mol. The van der Waals surface area contributed by atoms with E-state index in [-0.39, 0.29) is 5.60 Å². The Bertz CT molecular complexity index is 294. The summed E-state index contributed by atoms with van der Waals surface area (Å²) < 4.78 is 5.93. The van der Waals surface area contributed by atoms with Crippen molar-refractivity contribution in [2.24, 2.45) is 11.8 Å². The standard InChI is InChI=1S/C17H34N2O/c1-13(2)10-15-11-18-16(14-6-7-14)12-19(15)8-9-20-17(3,4)5/h13-16,18H,6-12H2,1-5H3. The van der Waals surface area contributed by atoms with E-state index in [0.717, 1.165) is 37.6 Å². The number of ether oxygens (including phenoxy) is 1. The summed E-state index contributed by atoms with van der Waals surface area (Å²) >= 11 is 0. The third-order valence-corrected chi connectivity index (χ3v) is 4.41. The molecule has 1 heterocycles. The summed E-state index contributed by atoms with van der Waals surface area (Å²) in [4.78, 5) is 2.69. The van der Waals surface area contributed by atoms with E-state index in [1.165, 1.54) is 25.8 Å². The quantitative estimate of drug-likeness (QED) is 0.811. The van der Waals surface area contributed by atoms with E-state index in [1.54, 1.807) is 0 Å². The first kappa shape index (κ1) is 16.3. The normalized spacial score (nSPS) is 29.1. The Morgan fingerprint density at radius 1 is 1.25 bits per heavy atom. The zero-order valence-electron chi connectivity index (χ0n) is 14.1. The molecule has 0 aromatic carbocycles. The number of hydrogen-bond acceptors (Lipinski definition) is 3. The SMILES string of the molecule is CC(C)CC1CNC(C2CC2)CN1CCOC(C)(C)C. The first-order valence-electron chi connectivity index (χ1n) is 8.46. The lowest BCUT2D eigenvalue weighted by atomic mass is 9.98. The molecule has 3 heteroatoms. The molecule has 2 rings (SSSR count). The van der Waals surface area contributed by atoms with Crippen LogP contribution in [0.25, 0.3) is 0 Å². The summed E-state index contributed by atoms with van der Waals surface area (Å²) in [5.41, 5.74) is -0.0164. The highest BCUT2D eigenvalue weighted by molar-refractivity contribution is 4.94. The van der Waals surface area contributed by atoms with E-state index in [1.807, 2.05) is 0 Å². The molecule has 3 nitrogen and oxygen atoms in total. The smallest absolute Gasteiger partial charge is 0.0600 e. The molecule has 1 saturated heterocycles. The molecular weight excluding hydrogens is 248 g/mol. The van der Waals surface area contributed by atoms with E-state index in [2.05, 4.69) is 44.8 Å². The minimum absolute atomic E-state index is 0.0164. The maximum Gasteiger partial charge on any atom is 0.0600 e. The van der Waals surface area contributed by atoms with Crippen LogP contribution in [0.1, 0.15) is 53.9 Å². The van der Waals surface area contributed by atoms with Crippen molar-refractivity contribution in [1.29, 1.82) is 0 Å². The van der Waals surface area contributed by atoms with Crippen LogP contribution in [0.5, 0.6) is 0 Å². The van der Waals surface area contributed by atoms with Crippen molar-refractivity contribution in [3.8, 4) is 0 Å². The van der Waals surface area contributed by atoms with Gasteiger partial charge in [-0.3, -0.25) is 4.90 Å². The fraction of sp³-hybridized carbons (Fsp3) is 1.00.